The monoisotopic (exact) mass is 426 g/mol. The maximum absolute atomic E-state index is 13.3. The third-order valence-electron chi connectivity index (χ3n) is 4.54. The van der Waals surface area contributed by atoms with Crippen LogP contribution in [0.2, 0.25) is 0 Å². The number of sulfonamides is 1. The van der Waals surface area contributed by atoms with Crippen LogP contribution in [0.5, 0.6) is 0 Å². The van der Waals surface area contributed by atoms with Crippen LogP contribution in [-0.2, 0) is 21.2 Å². The van der Waals surface area contributed by atoms with Gasteiger partial charge in [-0.15, -0.1) is 0 Å². The van der Waals surface area contributed by atoms with Gasteiger partial charge in [-0.1, -0.05) is 48.5 Å². The summed E-state index contributed by atoms with van der Waals surface area (Å²) in [5.74, 6) is -0.909. The lowest BCUT2D eigenvalue weighted by Crippen LogP contribution is -2.41. The summed E-state index contributed by atoms with van der Waals surface area (Å²) in [7, 11) is -3.99. The van der Waals surface area contributed by atoms with E-state index in [4.69, 9.17) is 0 Å². The largest absolute Gasteiger partial charge is 0.355 e. The standard InChI is InChI=1S/C23H23FN2O3S/c24-20-13-15-21(16-14-20)26(30(28,29)22-11-5-2-6-12-22)18-23(27)25-17-7-10-19-8-3-1-4-9-19/h1-6,8-9,11-16H,7,10,17-18H2,(H,25,27). The number of carbonyl (C=O) groups is 1. The number of nitrogens with zero attached hydrogens (tertiary/aromatic N) is 1. The van der Waals surface area contributed by atoms with Crippen LogP contribution in [0, 0.1) is 5.82 Å². The molecule has 0 saturated heterocycles. The predicted octanol–water partition coefficient (Wildman–Crippen LogP) is 3.77. The van der Waals surface area contributed by atoms with Crippen molar-refractivity contribution in [3.8, 4) is 0 Å². The average molecular weight is 427 g/mol. The van der Waals surface area contributed by atoms with Gasteiger partial charge in [-0.2, -0.15) is 0 Å². The average Bonchev–Trinajstić information content (AvgIpc) is 2.77. The first-order valence-electron chi connectivity index (χ1n) is 9.61. The molecule has 0 radical (unpaired) electrons. The quantitative estimate of drug-likeness (QED) is 0.530. The molecule has 0 aromatic heterocycles. The van der Waals surface area contributed by atoms with Crippen molar-refractivity contribution in [3.05, 3.63) is 96.3 Å². The lowest BCUT2D eigenvalue weighted by atomic mass is 10.1. The van der Waals surface area contributed by atoms with Crippen LogP contribution in [0.25, 0.3) is 0 Å². The number of benzene rings is 3. The molecule has 0 unspecified atom stereocenters. The van der Waals surface area contributed by atoms with E-state index in [1.807, 2.05) is 30.3 Å². The molecular formula is C23H23FN2O3S. The topological polar surface area (TPSA) is 66.5 Å². The Morgan fingerprint density at radius 1 is 0.867 bits per heavy atom. The van der Waals surface area contributed by atoms with Crippen LogP contribution in [0.4, 0.5) is 10.1 Å². The van der Waals surface area contributed by atoms with Crippen LogP contribution in [-0.4, -0.2) is 27.4 Å². The summed E-state index contributed by atoms with van der Waals surface area (Å²) in [5, 5.41) is 2.77. The van der Waals surface area contributed by atoms with Gasteiger partial charge < -0.3 is 5.32 Å². The number of aryl methyl sites for hydroxylation is 1. The minimum Gasteiger partial charge on any atom is -0.355 e. The van der Waals surface area contributed by atoms with Gasteiger partial charge in [0.05, 0.1) is 10.6 Å². The Hall–Kier alpha value is -3.19. The minimum absolute atomic E-state index is 0.0613. The summed E-state index contributed by atoms with van der Waals surface area (Å²) in [6, 6.07) is 22.8. The van der Waals surface area contributed by atoms with E-state index in [2.05, 4.69) is 5.32 Å². The Balaban J connectivity index is 1.69. The molecule has 5 nitrogen and oxygen atoms in total. The van der Waals surface area contributed by atoms with Crippen LogP contribution in [0.15, 0.2) is 89.8 Å². The highest BCUT2D eigenvalue weighted by molar-refractivity contribution is 7.92. The van der Waals surface area contributed by atoms with Crippen LogP contribution in [0.1, 0.15) is 12.0 Å². The van der Waals surface area contributed by atoms with E-state index in [0.717, 1.165) is 17.1 Å². The van der Waals surface area contributed by atoms with E-state index in [1.54, 1.807) is 18.2 Å². The van der Waals surface area contributed by atoms with E-state index in [1.165, 1.54) is 42.0 Å². The highest BCUT2D eigenvalue weighted by Gasteiger charge is 2.27. The highest BCUT2D eigenvalue weighted by atomic mass is 32.2. The summed E-state index contributed by atoms with van der Waals surface area (Å²) in [5.41, 5.74) is 1.39. The molecule has 3 aromatic rings. The van der Waals surface area contributed by atoms with Gasteiger partial charge in [0.15, 0.2) is 0 Å². The van der Waals surface area contributed by atoms with Crippen LogP contribution >= 0.6 is 0 Å². The Morgan fingerprint density at radius 2 is 1.47 bits per heavy atom. The summed E-state index contributed by atoms with van der Waals surface area (Å²) in [4.78, 5) is 12.6. The van der Waals surface area contributed by atoms with E-state index < -0.39 is 28.3 Å². The molecule has 0 atom stereocenters. The lowest BCUT2D eigenvalue weighted by Gasteiger charge is -2.24. The van der Waals surface area contributed by atoms with Gasteiger partial charge in [0.1, 0.15) is 12.4 Å². The maximum Gasteiger partial charge on any atom is 0.264 e. The van der Waals surface area contributed by atoms with Gasteiger partial charge in [-0.3, -0.25) is 9.10 Å². The first-order valence-corrected chi connectivity index (χ1v) is 11.0. The van der Waals surface area contributed by atoms with Crippen molar-refractivity contribution < 1.29 is 17.6 Å². The smallest absolute Gasteiger partial charge is 0.264 e. The second-order valence-electron chi connectivity index (χ2n) is 6.74. The number of anilines is 1. The fourth-order valence-corrected chi connectivity index (χ4v) is 4.44. The molecule has 3 rings (SSSR count). The summed E-state index contributed by atoms with van der Waals surface area (Å²) in [6.07, 6.45) is 1.54. The molecule has 156 valence electrons. The molecule has 0 aliphatic carbocycles. The molecule has 1 N–H and O–H groups in total. The first-order chi connectivity index (χ1) is 14.5. The molecule has 30 heavy (non-hydrogen) atoms. The number of hydrogen-bond donors (Lipinski definition) is 1. The molecule has 0 saturated carbocycles. The molecule has 3 aromatic carbocycles. The Kier molecular flexibility index (Phi) is 7.19. The third-order valence-corrected chi connectivity index (χ3v) is 6.33. The maximum atomic E-state index is 13.3. The molecule has 0 aliphatic rings. The van der Waals surface area contributed by atoms with Gasteiger partial charge >= 0.3 is 0 Å². The van der Waals surface area contributed by atoms with E-state index >= 15 is 0 Å². The van der Waals surface area contributed by atoms with E-state index in [-0.39, 0.29) is 10.6 Å². The van der Waals surface area contributed by atoms with Crippen molar-refractivity contribution in [2.45, 2.75) is 17.7 Å². The Morgan fingerprint density at radius 3 is 2.10 bits per heavy atom. The van der Waals surface area contributed by atoms with Crippen molar-refractivity contribution in [1.29, 1.82) is 0 Å². The second kappa shape index (κ2) is 10.0. The number of carbonyl (C=O) groups excluding carboxylic acids is 1. The zero-order chi connectivity index (χ0) is 21.4. The van der Waals surface area contributed by atoms with Gasteiger partial charge in [0, 0.05) is 6.54 Å². The molecule has 1 amide bonds. The van der Waals surface area contributed by atoms with Crippen molar-refractivity contribution in [2.75, 3.05) is 17.4 Å². The van der Waals surface area contributed by atoms with Gasteiger partial charge in [-0.25, -0.2) is 12.8 Å². The van der Waals surface area contributed by atoms with Crippen molar-refractivity contribution in [2.24, 2.45) is 0 Å². The summed E-state index contributed by atoms with van der Waals surface area (Å²) < 4.78 is 40.6. The van der Waals surface area contributed by atoms with Gasteiger partial charge in [0.25, 0.3) is 10.0 Å². The summed E-state index contributed by atoms with van der Waals surface area (Å²) in [6.45, 7) is 0.0323. The minimum atomic E-state index is -3.99. The Labute approximate surface area is 176 Å². The summed E-state index contributed by atoms with van der Waals surface area (Å²) >= 11 is 0. The molecular weight excluding hydrogens is 403 g/mol. The molecule has 0 bridgehead atoms. The SMILES string of the molecule is O=C(CN(c1ccc(F)cc1)S(=O)(=O)c1ccccc1)NCCCc1ccccc1. The highest BCUT2D eigenvalue weighted by Crippen LogP contribution is 2.23. The third kappa shape index (κ3) is 5.67. The number of nitrogens with one attached hydrogen (secondary N) is 1. The van der Waals surface area contributed by atoms with E-state index in [9.17, 15) is 17.6 Å². The number of hydrogen-bond acceptors (Lipinski definition) is 3. The molecule has 0 fully saturated rings. The Bertz CT molecular complexity index is 1060. The van der Waals surface area contributed by atoms with Crippen molar-refractivity contribution in [3.63, 3.8) is 0 Å². The number of halogens is 1. The molecule has 0 heterocycles. The zero-order valence-corrected chi connectivity index (χ0v) is 17.2. The fourth-order valence-electron chi connectivity index (χ4n) is 2.99. The van der Waals surface area contributed by atoms with Crippen LogP contribution in [0.3, 0.4) is 0 Å². The van der Waals surface area contributed by atoms with Gasteiger partial charge in [-0.05, 0) is 54.8 Å². The normalized spacial score (nSPS) is 11.1. The lowest BCUT2D eigenvalue weighted by molar-refractivity contribution is -0.119. The number of rotatable bonds is 9. The van der Waals surface area contributed by atoms with Crippen molar-refractivity contribution in [1.82, 2.24) is 5.32 Å². The molecule has 0 aliphatic heterocycles. The fraction of sp³-hybridized carbons (Fsp3) is 0.174. The van der Waals surface area contributed by atoms with Gasteiger partial charge in [0.2, 0.25) is 5.91 Å². The second-order valence-corrected chi connectivity index (χ2v) is 8.60. The number of amides is 1. The van der Waals surface area contributed by atoms with Crippen molar-refractivity contribution >= 4 is 21.6 Å². The molecule has 0 spiro atoms. The molecule has 7 heteroatoms. The van der Waals surface area contributed by atoms with Crippen LogP contribution < -0.4 is 9.62 Å². The van der Waals surface area contributed by atoms with E-state index in [0.29, 0.717) is 6.54 Å². The predicted molar refractivity (Wildman–Crippen MR) is 115 cm³/mol. The first kappa shape index (κ1) is 21.5. The zero-order valence-electron chi connectivity index (χ0n) is 16.4.